The summed E-state index contributed by atoms with van der Waals surface area (Å²) in [6.07, 6.45) is 9.72. The fourth-order valence-electron chi connectivity index (χ4n) is 5.59. The van der Waals surface area contributed by atoms with Crippen LogP contribution in [0.5, 0.6) is 5.75 Å². The second-order valence-electron chi connectivity index (χ2n) is 10.2. The van der Waals surface area contributed by atoms with E-state index in [1.54, 1.807) is 6.92 Å². The number of aliphatic hydroxyl groups excluding tert-OH is 1. The van der Waals surface area contributed by atoms with Crippen molar-refractivity contribution in [2.45, 2.75) is 70.3 Å². The minimum absolute atomic E-state index is 0.00808. The van der Waals surface area contributed by atoms with Crippen LogP contribution in [-0.4, -0.2) is 43.6 Å². The molecule has 0 amide bonds. The normalized spacial score (nSPS) is 22.1. The molecule has 0 bridgehead atoms. The number of carbonyl (C=O) groups excluding carboxylic acids is 1. The van der Waals surface area contributed by atoms with Crippen LogP contribution in [-0.2, 0) is 20.7 Å². The number of hydrogen-bond acceptors (Lipinski definition) is 5. The second-order valence-corrected chi connectivity index (χ2v) is 10.2. The third-order valence-electron chi connectivity index (χ3n) is 7.59. The number of aliphatic hydroxyl groups is 1. The molecule has 2 aromatic carbocycles. The molecule has 1 atom stereocenters. The van der Waals surface area contributed by atoms with E-state index < -0.39 is 0 Å². The van der Waals surface area contributed by atoms with Gasteiger partial charge in [-0.05, 0) is 98.1 Å². The van der Waals surface area contributed by atoms with Crippen molar-refractivity contribution < 1.29 is 24.1 Å². The quantitative estimate of drug-likeness (QED) is 0.315. The van der Waals surface area contributed by atoms with Gasteiger partial charge in [0.1, 0.15) is 12.4 Å². The van der Waals surface area contributed by atoms with E-state index in [4.69, 9.17) is 19.3 Å². The van der Waals surface area contributed by atoms with Crippen molar-refractivity contribution in [3.63, 3.8) is 0 Å². The zero-order valence-electron chi connectivity index (χ0n) is 21.5. The van der Waals surface area contributed by atoms with E-state index in [-0.39, 0.29) is 19.2 Å². The van der Waals surface area contributed by atoms with E-state index in [0.717, 1.165) is 23.5 Å². The summed E-state index contributed by atoms with van der Waals surface area (Å²) in [5.41, 5.74) is 5.22. The fraction of sp³-hybridized carbons (Fsp3) is 0.516. The molecular formula is C31H40O5. The van der Waals surface area contributed by atoms with Crippen molar-refractivity contribution in [3.8, 4) is 16.9 Å². The van der Waals surface area contributed by atoms with Crippen LogP contribution < -0.4 is 4.74 Å². The smallest absolute Gasteiger partial charge is 0.333 e. The zero-order valence-corrected chi connectivity index (χ0v) is 21.5. The van der Waals surface area contributed by atoms with Crippen molar-refractivity contribution in [1.82, 2.24) is 0 Å². The van der Waals surface area contributed by atoms with Gasteiger partial charge in [0.05, 0.1) is 19.3 Å². The average Bonchev–Trinajstić information content (AvgIpc) is 2.92. The number of ether oxygens (including phenoxy) is 3. The first-order chi connectivity index (χ1) is 17.5. The summed E-state index contributed by atoms with van der Waals surface area (Å²) in [5, 5.41) is 8.99. The number of benzene rings is 2. The molecule has 2 fully saturated rings. The summed E-state index contributed by atoms with van der Waals surface area (Å²) < 4.78 is 17.0. The maximum Gasteiger partial charge on any atom is 0.333 e. The van der Waals surface area contributed by atoms with Crippen LogP contribution in [0.15, 0.2) is 54.6 Å². The molecule has 1 unspecified atom stereocenters. The number of rotatable bonds is 10. The lowest BCUT2D eigenvalue weighted by Gasteiger charge is -2.36. The van der Waals surface area contributed by atoms with Crippen LogP contribution in [0.3, 0.4) is 0 Å². The monoisotopic (exact) mass is 492 g/mol. The Labute approximate surface area is 215 Å². The maximum atomic E-state index is 11.9. The van der Waals surface area contributed by atoms with E-state index in [9.17, 15) is 4.79 Å². The summed E-state index contributed by atoms with van der Waals surface area (Å²) in [6, 6.07) is 14.8. The first-order valence-electron chi connectivity index (χ1n) is 13.5. The SMILES string of the molecule is C=C(C)C(=O)OCCc1cc(C2CCC(C3CCCCO3)CC2)ccc1-c1ccc(OCCO)cc1. The number of hydrogen-bond donors (Lipinski definition) is 1. The summed E-state index contributed by atoms with van der Waals surface area (Å²) in [4.78, 5) is 11.9. The van der Waals surface area contributed by atoms with Crippen LogP contribution >= 0.6 is 0 Å². The van der Waals surface area contributed by atoms with Gasteiger partial charge in [0, 0.05) is 18.6 Å². The highest BCUT2D eigenvalue weighted by Gasteiger charge is 2.30. The lowest BCUT2D eigenvalue weighted by Crippen LogP contribution is -2.30. The van der Waals surface area contributed by atoms with Crippen LogP contribution in [0.4, 0.5) is 0 Å². The molecule has 5 heteroatoms. The lowest BCUT2D eigenvalue weighted by molar-refractivity contribution is -0.138. The van der Waals surface area contributed by atoms with Gasteiger partial charge in [0.25, 0.3) is 0 Å². The molecular weight excluding hydrogens is 452 g/mol. The molecule has 0 aromatic heterocycles. The van der Waals surface area contributed by atoms with Crippen LogP contribution in [0, 0.1) is 5.92 Å². The predicted molar refractivity (Wildman–Crippen MR) is 142 cm³/mol. The van der Waals surface area contributed by atoms with E-state index in [2.05, 4.69) is 24.8 Å². The Hall–Kier alpha value is -2.63. The Morgan fingerprint density at radius 1 is 1.03 bits per heavy atom. The molecule has 5 nitrogen and oxygen atoms in total. The largest absolute Gasteiger partial charge is 0.491 e. The van der Waals surface area contributed by atoms with Crippen molar-refractivity contribution >= 4 is 5.97 Å². The highest BCUT2D eigenvalue weighted by atomic mass is 16.5. The molecule has 36 heavy (non-hydrogen) atoms. The van der Waals surface area contributed by atoms with E-state index in [1.165, 1.54) is 56.1 Å². The Kier molecular flexibility index (Phi) is 9.60. The second kappa shape index (κ2) is 13.1. The summed E-state index contributed by atoms with van der Waals surface area (Å²) in [7, 11) is 0. The molecule has 0 spiro atoms. The summed E-state index contributed by atoms with van der Waals surface area (Å²) in [5.74, 6) is 1.65. The van der Waals surface area contributed by atoms with Gasteiger partial charge >= 0.3 is 5.97 Å². The molecule has 194 valence electrons. The molecule has 1 heterocycles. The molecule has 1 saturated heterocycles. The molecule has 1 saturated carbocycles. The average molecular weight is 493 g/mol. The van der Waals surface area contributed by atoms with Crippen LogP contribution in [0.2, 0.25) is 0 Å². The van der Waals surface area contributed by atoms with Crippen LogP contribution in [0.1, 0.15) is 68.9 Å². The molecule has 1 aliphatic carbocycles. The van der Waals surface area contributed by atoms with Crippen molar-refractivity contribution in [2.75, 3.05) is 26.4 Å². The lowest BCUT2D eigenvalue weighted by atomic mass is 9.75. The molecule has 1 N–H and O–H groups in total. The Bertz CT molecular complexity index is 998. The highest BCUT2D eigenvalue weighted by molar-refractivity contribution is 5.86. The fourth-order valence-corrected chi connectivity index (χ4v) is 5.59. The zero-order chi connectivity index (χ0) is 25.3. The van der Waals surface area contributed by atoms with Gasteiger partial charge in [-0.2, -0.15) is 0 Å². The number of esters is 1. The summed E-state index contributed by atoms with van der Waals surface area (Å²) >= 11 is 0. The van der Waals surface area contributed by atoms with Crippen molar-refractivity contribution in [2.24, 2.45) is 5.92 Å². The first kappa shape index (κ1) is 26.4. The van der Waals surface area contributed by atoms with E-state index >= 15 is 0 Å². The van der Waals surface area contributed by atoms with E-state index in [0.29, 0.717) is 36.5 Å². The first-order valence-corrected chi connectivity index (χ1v) is 13.5. The summed E-state index contributed by atoms with van der Waals surface area (Å²) in [6.45, 7) is 6.88. The molecule has 2 aliphatic rings. The minimum Gasteiger partial charge on any atom is -0.491 e. The predicted octanol–water partition coefficient (Wildman–Crippen LogP) is 6.23. The minimum atomic E-state index is -0.346. The molecule has 1 aliphatic heterocycles. The Morgan fingerprint density at radius 3 is 2.47 bits per heavy atom. The van der Waals surface area contributed by atoms with Gasteiger partial charge in [-0.25, -0.2) is 4.79 Å². The third kappa shape index (κ3) is 6.98. The Balaban J connectivity index is 1.48. The van der Waals surface area contributed by atoms with Gasteiger partial charge < -0.3 is 19.3 Å². The van der Waals surface area contributed by atoms with E-state index in [1.807, 2.05) is 24.3 Å². The van der Waals surface area contributed by atoms with Gasteiger partial charge in [0.2, 0.25) is 0 Å². The van der Waals surface area contributed by atoms with Gasteiger partial charge in [0.15, 0.2) is 0 Å². The molecule has 0 radical (unpaired) electrons. The van der Waals surface area contributed by atoms with Gasteiger partial charge in [-0.15, -0.1) is 0 Å². The maximum absolute atomic E-state index is 11.9. The standard InChI is InChI=1S/C31H40O5/c1-22(2)31(33)36-19-16-27-21-26(23-6-8-25(9-7-23)30-5-3-4-18-35-30)12-15-29(27)24-10-13-28(14-11-24)34-20-17-32/h10-15,21,23,25,30,32H,1,3-9,16-20H2,2H3. The molecule has 4 rings (SSSR count). The topological polar surface area (TPSA) is 65.0 Å². The van der Waals surface area contributed by atoms with Crippen molar-refractivity contribution in [3.05, 3.63) is 65.7 Å². The van der Waals surface area contributed by atoms with Crippen LogP contribution in [0.25, 0.3) is 11.1 Å². The highest BCUT2D eigenvalue weighted by Crippen LogP contribution is 2.40. The van der Waals surface area contributed by atoms with Gasteiger partial charge in [-0.1, -0.05) is 36.9 Å². The number of carbonyl (C=O) groups is 1. The third-order valence-corrected chi connectivity index (χ3v) is 7.59. The van der Waals surface area contributed by atoms with Gasteiger partial charge in [-0.3, -0.25) is 0 Å². The molecule has 2 aromatic rings. The van der Waals surface area contributed by atoms with Crippen molar-refractivity contribution in [1.29, 1.82) is 0 Å². The Morgan fingerprint density at radius 2 is 1.81 bits per heavy atom.